The second kappa shape index (κ2) is 6.65. The predicted octanol–water partition coefficient (Wildman–Crippen LogP) is 1.70. The van der Waals surface area contributed by atoms with Crippen molar-refractivity contribution in [1.82, 2.24) is 9.97 Å². The second-order valence-corrected chi connectivity index (χ2v) is 4.57. The van der Waals surface area contributed by atoms with Crippen molar-refractivity contribution in [2.45, 2.75) is 18.4 Å². The Balaban J connectivity index is 2.73. The van der Waals surface area contributed by atoms with Gasteiger partial charge in [0, 0.05) is 25.6 Å². The molecule has 0 amide bonds. The maximum Gasteiger partial charge on any atom is 0.133 e. The van der Waals surface area contributed by atoms with Crippen LogP contribution in [0.2, 0.25) is 0 Å². The van der Waals surface area contributed by atoms with Crippen LogP contribution in [0.25, 0.3) is 0 Å². The van der Waals surface area contributed by atoms with E-state index in [1.54, 1.807) is 18.1 Å². The largest absolute Gasteiger partial charge is 0.393 e. The Kier molecular flexibility index (Phi) is 5.48. The van der Waals surface area contributed by atoms with Crippen molar-refractivity contribution in [3.05, 3.63) is 12.4 Å². The van der Waals surface area contributed by atoms with E-state index in [0.717, 1.165) is 23.9 Å². The maximum absolute atomic E-state index is 5.50. The van der Waals surface area contributed by atoms with Crippen LogP contribution >= 0.6 is 24.0 Å². The smallest absolute Gasteiger partial charge is 0.133 e. The molecule has 0 fully saturated rings. The Hall–Kier alpha value is -0.880. The summed E-state index contributed by atoms with van der Waals surface area (Å²) in [5.41, 5.74) is 5.50. The van der Waals surface area contributed by atoms with Crippen molar-refractivity contribution < 1.29 is 0 Å². The molecule has 1 aromatic heterocycles. The molecule has 0 aliphatic rings. The van der Waals surface area contributed by atoms with Crippen LogP contribution in [0.4, 0.5) is 5.82 Å². The highest BCUT2D eigenvalue weighted by atomic mass is 32.2. The highest BCUT2D eigenvalue weighted by Gasteiger charge is 2.07. The van der Waals surface area contributed by atoms with Crippen LogP contribution in [0.3, 0.4) is 0 Å². The molecule has 0 radical (unpaired) electrons. The fraction of sp³-hybridized carbons (Fsp3) is 0.500. The zero-order valence-electron chi connectivity index (χ0n) is 9.51. The Labute approximate surface area is 106 Å². The number of hydrogen-bond donors (Lipinski definition) is 1. The maximum atomic E-state index is 5.50. The standard InChI is InChI=1S/C10H16N4S2/c1-3-14(5-4-8(11)15)9-6-10(16-2)13-7-12-9/h6-7H,3-5H2,1-2H3,(H2,11,15). The van der Waals surface area contributed by atoms with E-state index in [1.165, 1.54) is 0 Å². The monoisotopic (exact) mass is 256 g/mol. The Bertz CT molecular complexity index is 356. The molecule has 0 saturated heterocycles. The average molecular weight is 256 g/mol. The van der Waals surface area contributed by atoms with Crippen LogP contribution in [-0.2, 0) is 0 Å². The third kappa shape index (κ3) is 3.94. The van der Waals surface area contributed by atoms with Crippen LogP contribution < -0.4 is 10.6 Å². The van der Waals surface area contributed by atoms with Crippen molar-refractivity contribution >= 4 is 34.8 Å². The molecule has 1 aromatic rings. The molecule has 0 aliphatic heterocycles. The van der Waals surface area contributed by atoms with Gasteiger partial charge in [-0.2, -0.15) is 0 Å². The zero-order valence-corrected chi connectivity index (χ0v) is 11.1. The molecular weight excluding hydrogens is 240 g/mol. The number of thioether (sulfide) groups is 1. The molecule has 0 aromatic carbocycles. The number of thiocarbonyl (C=S) groups is 1. The van der Waals surface area contributed by atoms with Gasteiger partial charge >= 0.3 is 0 Å². The lowest BCUT2D eigenvalue weighted by molar-refractivity contribution is 0.810. The molecule has 1 rings (SSSR count). The van der Waals surface area contributed by atoms with E-state index < -0.39 is 0 Å². The molecule has 0 atom stereocenters. The van der Waals surface area contributed by atoms with E-state index in [4.69, 9.17) is 18.0 Å². The highest BCUT2D eigenvalue weighted by molar-refractivity contribution is 7.98. The Morgan fingerprint density at radius 2 is 2.31 bits per heavy atom. The van der Waals surface area contributed by atoms with Crippen LogP contribution in [0, 0.1) is 0 Å². The summed E-state index contributed by atoms with van der Waals surface area (Å²) in [6.45, 7) is 3.77. The summed E-state index contributed by atoms with van der Waals surface area (Å²) >= 11 is 6.48. The average Bonchev–Trinajstić information content (AvgIpc) is 2.30. The van der Waals surface area contributed by atoms with Crippen LogP contribution in [-0.4, -0.2) is 34.3 Å². The minimum atomic E-state index is 0.539. The lowest BCUT2D eigenvalue weighted by Crippen LogP contribution is -2.28. The van der Waals surface area contributed by atoms with Crippen LogP contribution in [0.1, 0.15) is 13.3 Å². The zero-order chi connectivity index (χ0) is 12.0. The van der Waals surface area contributed by atoms with Gasteiger partial charge in [-0.1, -0.05) is 12.2 Å². The first-order valence-corrected chi connectivity index (χ1v) is 6.70. The van der Waals surface area contributed by atoms with E-state index in [-0.39, 0.29) is 0 Å². The van der Waals surface area contributed by atoms with E-state index in [9.17, 15) is 0 Å². The summed E-state index contributed by atoms with van der Waals surface area (Å²) in [4.78, 5) is 11.1. The normalized spacial score (nSPS) is 10.1. The SMILES string of the molecule is CCN(CCC(N)=S)c1cc(SC)ncn1. The summed E-state index contributed by atoms with van der Waals surface area (Å²) in [6.07, 6.45) is 4.30. The summed E-state index contributed by atoms with van der Waals surface area (Å²) < 4.78 is 0. The third-order valence-electron chi connectivity index (χ3n) is 2.17. The van der Waals surface area contributed by atoms with Gasteiger partial charge < -0.3 is 10.6 Å². The first kappa shape index (κ1) is 13.2. The molecule has 88 valence electrons. The van der Waals surface area contributed by atoms with Gasteiger partial charge in [-0.3, -0.25) is 0 Å². The molecular formula is C10H16N4S2. The van der Waals surface area contributed by atoms with Gasteiger partial charge in [0.05, 0.1) is 4.99 Å². The topological polar surface area (TPSA) is 55.0 Å². The number of nitrogens with two attached hydrogens (primary N) is 1. The number of rotatable bonds is 6. The number of anilines is 1. The Morgan fingerprint density at radius 3 is 2.88 bits per heavy atom. The summed E-state index contributed by atoms with van der Waals surface area (Å²) in [5.74, 6) is 0.929. The van der Waals surface area contributed by atoms with E-state index >= 15 is 0 Å². The van der Waals surface area contributed by atoms with E-state index in [1.807, 2.05) is 12.3 Å². The Morgan fingerprint density at radius 1 is 1.56 bits per heavy atom. The minimum absolute atomic E-state index is 0.539. The molecule has 1 heterocycles. The van der Waals surface area contributed by atoms with Gasteiger partial charge in [0.1, 0.15) is 17.2 Å². The van der Waals surface area contributed by atoms with Crippen LogP contribution in [0.5, 0.6) is 0 Å². The predicted molar refractivity (Wildman–Crippen MR) is 73.1 cm³/mol. The lowest BCUT2D eigenvalue weighted by atomic mass is 10.3. The second-order valence-electron chi connectivity index (χ2n) is 3.21. The molecule has 0 aliphatic carbocycles. The molecule has 0 saturated carbocycles. The van der Waals surface area contributed by atoms with E-state index in [2.05, 4.69) is 21.8 Å². The number of nitrogens with zero attached hydrogens (tertiary/aromatic N) is 3. The lowest BCUT2D eigenvalue weighted by Gasteiger charge is -2.21. The first-order valence-electron chi connectivity index (χ1n) is 5.06. The van der Waals surface area contributed by atoms with Crippen molar-refractivity contribution in [2.75, 3.05) is 24.2 Å². The summed E-state index contributed by atoms with van der Waals surface area (Å²) in [7, 11) is 0. The van der Waals surface area contributed by atoms with Gasteiger partial charge in [0.15, 0.2) is 0 Å². The van der Waals surface area contributed by atoms with Gasteiger partial charge in [-0.15, -0.1) is 11.8 Å². The van der Waals surface area contributed by atoms with Crippen molar-refractivity contribution in [1.29, 1.82) is 0 Å². The van der Waals surface area contributed by atoms with Crippen LogP contribution in [0.15, 0.2) is 17.4 Å². The number of aromatic nitrogens is 2. The van der Waals surface area contributed by atoms with Gasteiger partial charge in [0.2, 0.25) is 0 Å². The van der Waals surface area contributed by atoms with Crippen molar-refractivity contribution in [2.24, 2.45) is 5.73 Å². The molecule has 0 bridgehead atoms. The molecule has 6 heteroatoms. The molecule has 16 heavy (non-hydrogen) atoms. The fourth-order valence-electron chi connectivity index (χ4n) is 1.29. The minimum Gasteiger partial charge on any atom is -0.393 e. The molecule has 0 spiro atoms. The molecule has 2 N–H and O–H groups in total. The molecule has 0 unspecified atom stereocenters. The van der Waals surface area contributed by atoms with Crippen molar-refractivity contribution in [3.8, 4) is 0 Å². The first-order chi connectivity index (χ1) is 7.67. The van der Waals surface area contributed by atoms with Crippen molar-refractivity contribution in [3.63, 3.8) is 0 Å². The van der Waals surface area contributed by atoms with Gasteiger partial charge in [-0.05, 0) is 13.2 Å². The van der Waals surface area contributed by atoms with E-state index in [0.29, 0.717) is 11.4 Å². The fourth-order valence-corrected chi connectivity index (χ4v) is 1.76. The summed E-state index contributed by atoms with van der Waals surface area (Å²) in [6, 6.07) is 1.98. The highest BCUT2D eigenvalue weighted by Crippen LogP contribution is 2.17. The van der Waals surface area contributed by atoms with Gasteiger partial charge in [-0.25, -0.2) is 9.97 Å². The summed E-state index contributed by atoms with van der Waals surface area (Å²) in [5, 5.41) is 0.971. The quantitative estimate of drug-likeness (QED) is 0.475. The molecule has 4 nitrogen and oxygen atoms in total. The third-order valence-corrected chi connectivity index (χ3v) is 3.02. The van der Waals surface area contributed by atoms with Gasteiger partial charge in [0.25, 0.3) is 0 Å². The number of hydrogen-bond acceptors (Lipinski definition) is 5.